The predicted octanol–water partition coefficient (Wildman–Crippen LogP) is 3.51. The van der Waals surface area contributed by atoms with E-state index in [-0.39, 0.29) is 0 Å². The lowest BCUT2D eigenvalue weighted by Crippen LogP contribution is -2.25. The van der Waals surface area contributed by atoms with E-state index >= 15 is 0 Å². The molecule has 0 amide bonds. The quantitative estimate of drug-likeness (QED) is 0.761. The summed E-state index contributed by atoms with van der Waals surface area (Å²) in [7, 11) is 1.73. The number of nitrogens with one attached hydrogen (secondary N) is 1. The molecule has 0 bridgehead atoms. The average Bonchev–Trinajstić information content (AvgIpc) is 2.35. The van der Waals surface area contributed by atoms with Gasteiger partial charge in [0.25, 0.3) is 0 Å². The van der Waals surface area contributed by atoms with Crippen LogP contribution < -0.4 is 10.1 Å². The number of hydrogen-bond acceptors (Lipinski definition) is 2. The maximum atomic E-state index is 5.28. The van der Waals surface area contributed by atoms with Gasteiger partial charge in [-0.05, 0) is 55.5 Å². The molecule has 2 heteroatoms. The van der Waals surface area contributed by atoms with Gasteiger partial charge >= 0.3 is 0 Å². The first-order valence-corrected chi connectivity index (χ1v) is 6.99. The van der Waals surface area contributed by atoms with Crippen LogP contribution in [0.5, 0.6) is 5.75 Å². The van der Waals surface area contributed by atoms with Crippen molar-refractivity contribution >= 4 is 0 Å². The molecular weight excluding hydrogens is 222 g/mol. The van der Waals surface area contributed by atoms with E-state index in [1.54, 1.807) is 7.11 Å². The summed E-state index contributed by atoms with van der Waals surface area (Å²) in [6, 6.07) is 8.43. The number of methoxy groups -OCH3 is 1. The largest absolute Gasteiger partial charge is 0.497 e. The van der Waals surface area contributed by atoms with Gasteiger partial charge in [0.05, 0.1) is 7.11 Å². The van der Waals surface area contributed by atoms with Gasteiger partial charge in [0.15, 0.2) is 0 Å². The molecule has 0 saturated heterocycles. The van der Waals surface area contributed by atoms with E-state index < -0.39 is 0 Å². The number of benzene rings is 1. The first kappa shape index (κ1) is 15.0. The Kier molecular flexibility index (Phi) is 6.81. The molecule has 2 nitrogen and oxygen atoms in total. The number of ether oxygens (including phenoxy) is 1. The van der Waals surface area contributed by atoms with E-state index in [9.17, 15) is 0 Å². The highest BCUT2D eigenvalue weighted by Gasteiger charge is 2.11. The molecule has 1 aromatic rings. The van der Waals surface area contributed by atoms with Gasteiger partial charge in [-0.2, -0.15) is 0 Å². The molecular formula is C16H27NO. The van der Waals surface area contributed by atoms with Crippen LogP contribution in [-0.4, -0.2) is 20.2 Å². The van der Waals surface area contributed by atoms with Gasteiger partial charge in [-0.1, -0.05) is 32.9 Å². The van der Waals surface area contributed by atoms with Crippen molar-refractivity contribution in [3.63, 3.8) is 0 Å². The molecule has 0 heterocycles. The summed E-state index contributed by atoms with van der Waals surface area (Å²) in [5.41, 5.74) is 1.37. The first-order chi connectivity index (χ1) is 8.65. The van der Waals surface area contributed by atoms with Crippen LogP contribution in [0, 0.1) is 11.8 Å². The highest BCUT2D eigenvalue weighted by molar-refractivity contribution is 5.28. The molecule has 1 rings (SSSR count). The second-order valence-corrected chi connectivity index (χ2v) is 5.36. The predicted molar refractivity (Wildman–Crippen MR) is 78.2 cm³/mol. The molecule has 18 heavy (non-hydrogen) atoms. The number of rotatable bonds is 8. The van der Waals surface area contributed by atoms with Crippen molar-refractivity contribution in [1.82, 2.24) is 5.32 Å². The molecule has 0 aromatic heterocycles. The van der Waals surface area contributed by atoms with Crippen molar-refractivity contribution in [2.75, 3.05) is 20.2 Å². The lowest BCUT2D eigenvalue weighted by molar-refractivity contribution is 0.386. The van der Waals surface area contributed by atoms with Crippen molar-refractivity contribution in [2.24, 2.45) is 11.8 Å². The zero-order chi connectivity index (χ0) is 13.4. The highest BCUT2D eigenvalue weighted by atomic mass is 16.5. The second kappa shape index (κ2) is 8.15. The Morgan fingerprint density at radius 1 is 1.28 bits per heavy atom. The van der Waals surface area contributed by atoms with Crippen LogP contribution in [0.1, 0.15) is 32.8 Å². The Balaban J connectivity index is 2.62. The van der Waals surface area contributed by atoms with Crippen LogP contribution >= 0.6 is 0 Å². The molecule has 0 spiro atoms. The minimum atomic E-state index is 0.706. The summed E-state index contributed by atoms with van der Waals surface area (Å²) in [6.07, 6.45) is 2.40. The minimum Gasteiger partial charge on any atom is -0.497 e. The van der Waals surface area contributed by atoms with E-state index in [2.05, 4.69) is 44.3 Å². The van der Waals surface area contributed by atoms with Crippen molar-refractivity contribution in [1.29, 1.82) is 0 Å². The van der Waals surface area contributed by atoms with Crippen molar-refractivity contribution in [3.8, 4) is 5.75 Å². The smallest absolute Gasteiger partial charge is 0.119 e. The summed E-state index contributed by atoms with van der Waals surface area (Å²) in [6.45, 7) is 8.91. The average molecular weight is 249 g/mol. The Labute approximate surface area is 112 Å². The second-order valence-electron chi connectivity index (χ2n) is 5.36. The van der Waals surface area contributed by atoms with Crippen molar-refractivity contribution in [3.05, 3.63) is 29.8 Å². The molecule has 0 aliphatic rings. The van der Waals surface area contributed by atoms with Crippen LogP contribution in [0.3, 0.4) is 0 Å². The van der Waals surface area contributed by atoms with E-state index in [0.29, 0.717) is 5.92 Å². The van der Waals surface area contributed by atoms with Gasteiger partial charge in [-0.3, -0.25) is 0 Å². The van der Waals surface area contributed by atoms with Gasteiger partial charge in [-0.15, -0.1) is 0 Å². The monoisotopic (exact) mass is 249 g/mol. The fraction of sp³-hybridized carbons (Fsp3) is 0.625. The van der Waals surface area contributed by atoms with E-state index in [1.807, 2.05) is 6.07 Å². The lowest BCUT2D eigenvalue weighted by atomic mass is 9.91. The summed E-state index contributed by atoms with van der Waals surface area (Å²) >= 11 is 0. The Bertz CT molecular complexity index is 336. The maximum Gasteiger partial charge on any atom is 0.119 e. The van der Waals surface area contributed by atoms with Crippen molar-refractivity contribution in [2.45, 2.75) is 33.6 Å². The fourth-order valence-corrected chi connectivity index (χ4v) is 2.39. The van der Waals surface area contributed by atoms with Crippen LogP contribution in [0.2, 0.25) is 0 Å². The highest BCUT2D eigenvalue weighted by Crippen LogP contribution is 2.20. The van der Waals surface area contributed by atoms with Gasteiger partial charge in [0.1, 0.15) is 5.75 Å². The molecule has 1 N–H and O–H groups in total. The van der Waals surface area contributed by atoms with Gasteiger partial charge < -0.3 is 10.1 Å². The summed E-state index contributed by atoms with van der Waals surface area (Å²) in [4.78, 5) is 0. The van der Waals surface area contributed by atoms with Gasteiger partial charge in [0.2, 0.25) is 0 Å². The molecule has 0 fully saturated rings. The SMILES string of the molecule is CCNCC(Cc1cccc(OC)c1)CC(C)C. The van der Waals surface area contributed by atoms with Gasteiger partial charge in [0, 0.05) is 0 Å². The molecule has 0 aliphatic carbocycles. The summed E-state index contributed by atoms with van der Waals surface area (Å²) in [5.74, 6) is 2.41. The standard InChI is InChI=1S/C16H27NO/c1-5-17-12-15(9-13(2)3)10-14-7-6-8-16(11-14)18-4/h6-8,11,13,15,17H,5,9-10,12H2,1-4H3. The summed E-state index contributed by atoms with van der Waals surface area (Å²) < 4.78 is 5.28. The Morgan fingerprint density at radius 3 is 2.67 bits per heavy atom. The molecule has 1 unspecified atom stereocenters. The fourth-order valence-electron chi connectivity index (χ4n) is 2.39. The van der Waals surface area contributed by atoms with Crippen LogP contribution in [0.15, 0.2) is 24.3 Å². The molecule has 102 valence electrons. The summed E-state index contributed by atoms with van der Waals surface area (Å²) in [5, 5.41) is 3.47. The minimum absolute atomic E-state index is 0.706. The topological polar surface area (TPSA) is 21.3 Å². The van der Waals surface area contributed by atoms with Crippen LogP contribution in [0.25, 0.3) is 0 Å². The third-order valence-electron chi connectivity index (χ3n) is 3.15. The van der Waals surface area contributed by atoms with Crippen LogP contribution in [-0.2, 0) is 6.42 Å². The Hall–Kier alpha value is -1.02. The first-order valence-electron chi connectivity index (χ1n) is 6.99. The third kappa shape index (κ3) is 5.54. The zero-order valence-electron chi connectivity index (χ0n) is 12.2. The third-order valence-corrected chi connectivity index (χ3v) is 3.15. The Morgan fingerprint density at radius 2 is 2.06 bits per heavy atom. The zero-order valence-corrected chi connectivity index (χ0v) is 12.2. The van der Waals surface area contributed by atoms with E-state index in [4.69, 9.17) is 4.74 Å². The molecule has 1 aromatic carbocycles. The number of hydrogen-bond donors (Lipinski definition) is 1. The molecule has 0 radical (unpaired) electrons. The van der Waals surface area contributed by atoms with E-state index in [0.717, 1.165) is 31.2 Å². The lowest BCUT2D eigenvalue weighted by Gasteiger charge is -2.19. The van der Waals surface area contributed by atoms with E-state index in [1.165, 1.54) is 12.0 Å². The maximum absolute atomic E-state index is 5.28. The molecule has 1 atom stereocenters. The van der Waals surface area contributed by atoms with Gasteiger partial charge in [-0.25, -0.2) is 0 Å². The molecule has 0 aliphatic heterocycles. The normalized spacial score (nSPS) is 12.7. The van der Waals surface area contributed by atoms with Crippen LogP contribution in [0.4, 0.5) is 0 Å². The molecule has 0 saturated carbocycles. The van der Waals surface area contributed by atoms with Crippen molar-refractivity contribution < 1.29 is 4.74 Å².